The second-order valence-electron chi connectivity index (χ2n) is 3.71. The maximum atomic E-state index is 11.0. The van der Waals surface area contributed by atoms with E-state index in [0.29, 0.717) is 11.1 Å². The van der Waals surface area contributed by atoms with Gasteiger partial charge < -0.3 is 9.90 Å². The number of carboxylic acid groups (broad SMARTS) is 1. The first-order valence-corrected chi connectivity index (χ1v) is 6.47. The molecule has 5 heteroatoms. The van der Waals surface area contributed by atoms with E-state index < -0.39 is 5.97 Å². The van der Waals surface area contributed by atoms with Gasteiger partial charge in [0.05, 0.1) is 5.56 Å². The fourth-order valence-corrected chi connectivity index (χ4v) is 1.72. The molecule has 0 fully saturated rings. The van der Waals surface area contributed by atoms with E-state index in [1.807, 2.05) is 6.07 Å². The third-order valence-corrected chi connectivity index (χ3v) is 2.77. The number of hydrogen-bond donors (Lipinski definition) is 1. The Kier molecular flexibility index (Phi) is 9.91. The van der Waals surface area contributed by atoms with Crippen LogP contribution < -0.4 is 29.6 Å². The van der Waals surface area contributed by atoms with Crippen LogP contribution in [0.5, 0.6) is 0 Å². The number of rotatable bonds is 3. The molecule has 0 saturated carbocycles. The molecule has 0 amide bonds. The Labute approximate surface area is 154 Å². The molecule has 2 aromatic rings. The largest absolute Gasteiger partial charge is 1.00 e. The zero-order valence-corrected chi connectivity index (χ0v) is 15.1. The van der Waals surface area contributed by atoms with Gasteiger partial charge in [0.1, 0.15) is 0 Å². The summed E-state index contributed by atoms with van der Waals surface area (Å²) in [6, 6.07) is 15.4. The normalized spacial score (nSPS) is 8.62. The predicted octanol–water partition coefficient (Wildman–Crippen LogP) is 1.01. The summed E-state index contributed by atoms with van der Waals surface area (Å²) < 4.78 is 0.880. The van der Waals surface area contributed by atoms with Gasteiger partial charge in [0, 0.05) is 10.3 Å². The van der Waals surface area contributed by atoms with E-state index in [9.17, 15) is 9.59 Å². The summed E-state index contributed by atoms with van der Waals surface area (Å²) in [4.78, 5) is 21.2. The Balaban J connectivity index is 0.000000370. The molecule has 0 spiro atoms. The van der Waals surface area contributed by atoms with Crippen LogP contribution in [-0.2, 0) is 0 Å². The van der Waals surface area contributed by atoms with Gasteiger partial charge in [0.2, 0.25) is 0 Å². The molecule has 0 aliphatic heterocycles. The van der Waals surface area contributed by atoms with Crippen LogP contribution in [0.2, 0.25) is 0 Å². The Bertz CT molecular complexity index is 612. The summed E-state index contributed by atoms with van der Waals surface area (Å²) in [6.45, 7) is 5.06. The minimum absolute atomic E-state index is 0. The molecule has 0 radical (unpaired) electrons. The average molecular weight is 355 g/mol. The molecule has 3 nitrogen and oxygen atoms in total. The third-order valence-electron chi connectivity index (χ3n) is 2.28. The molecule has 102 valence electrons. The number of carbonyl (C=O) groups excluding carboxylic acids is 1. The van der Waals surface area contributed by atoms with E-state index >= 15 is 0 Å². The minimum Gasteiger partial charge on any atom is -0.478 e. The van der Waals surface area contributed by atoms with Crippen LogP contribution in [-0.4, -0.2) is 16.9 Å². The van der Waals surface area contributed by atoms with E-state index in [4.69, 9.17) is 11.7 Å². The number of carbonyl (C=O) groups is 2. The van der Waals surface area contributed by atoms with E-state index in [0.717, 1.165) is 10.5 Å². The first-order valence-electron chi connectivity index (χ1n) is 5.67. The van der Waals surface area contributed by atoms with Crippen LogP contribution in [0.4, 0.5) is 0 Å². The molecule has 2 rings (SSSR count). The zero-order valence-electron chi connectivity index (χ0n) is 11.5. The maximum Gasteiger partial charge on any atom is 1.00 e. The van der Waals surface area contributed by atoms with Crippen molar-refractivity contribution in [2.75, 3.05) is 0 Å². The van der Waals surface area contributed by atoms with Crippen molar-refractivity contribution in [3.05, 3.63) is 82.9 Å². The van der Waals surface area contributed by atoms with Crippen LogP contribution in [0.15, 0.2) is 65.1 Å². The summed E-state index contributed by atoms with van der Waals surface area (Å²) >= 11 is 3.25. The van der Waals surface area contributed by atoms with Crippen LogP contribution in [0.1, 0.15) is 20.7 Å². The first-order chi connectivity index (χ1) is 9.54. The molecule has 0 aliphatic carbocycles. The SMILES string of the molecule is O=C(O)c1ccccc1.[CH-]=CC(=O)c1cccc(Br)c1.[Na+]. The van der Waals surface area contributed by atoms with Crippen molar-refractivity contribution in [3.8, 4) is 0 Å². The number of carboxylic acids is 1. The van der Waals surface area contributed by atoms with Crippen LogP contribution in [0, 0.1) is 6.58 Å². The Morgan fingerprint density at radius 1 is 1.00 bits per heavy atom. The summed E-state index contributed by atoms with van der Waals surface area (Å²) in [5.74, 6) is -1.04. The molecular weight excluding hydrogens is 343 g/mol. The molecule has 21 heavy (non-hydrogen) atoms. The fraction of sp³-hybridized carbons (Fsp3) is 0. The smallest absolute Gasteiger partial charge is 0.478 e. The Morgan fingerprint density at radius 2 is 1.57 bits per heavy atom. The van der Waals surface area contributed by atoms with Crippen LogP contribution in [0.25, 0.3) is 0 Å². The molecule has 1 N–H and O–H groups in total. The van der Waals surface area contributed by atoms with E-state index in [-0.39, 0.29) is 35.3 Å². The maximum absolute atomic E-state index is 11.0. The van der Waals surface area contributed by atoms with Crippen molar-refractivity contribution in [2.45, 2.75) is 0 Å². The van der Waals surface area contributed by atoms with Crippen molar-refractivity contribution in [3.63, 3.8) is 0 Å². The predicted molar refractivity (Wildman–Crippen MR) is 80.7 cm³/mol. The molecule has 0 atom stereocenters. The van der Waals surface area contributed by atoms with Crippen molar-refractivity contribution in [1.29, 1.82) is 0 Å². The average Bonchev–Trinajstić information content (AvgIpc) is 2.48. The summed E-state index contributed by atoms with van der Waals surface area (Å²) in [7, 11) is 0. The van der Waals surface area contributed by atoms with Gasteiger partial charge in [-0.25, -0.2) is 4.79 Å². The minimum atomic E-state index is -0.879. The van der Waals surface area contributed by atoms with Crippen molar-refractivity contribution >= 4 is 27.7 Å². The second kappa shape index (κ2) is 10.5. The molecule has 0 heterocycles. The van der Waals surface area contributed by atoms with Gasteiger partial charge in [-0.15, -0.1) is 0 Å². The van der Waals surface area contributed by atoms with E-state index in [1.165, 1.54) is 0 Å². The van der Waals surface area contributed by atoms with Gasteiger partial charge >= 0.3 is 35.5 Å². The molecule has 0 saturated heterocycles. The molecular formula is C16H12BrNaO3. The number of allylic oxidation sites excluding steroid dienone is 1. The first kappa shape index (κ1) is 19.8. The van der Waals surface area contributed by atoms with Crippen molar-refractivity contribution in [1.82, 2.24) is 0 Å². The number of aromatic carboxylic acids is 1. The van der Waals surface area contributed by atoms with Crippen LogP contribution in [0.3, 0.4) is 0 Å². The topological polar surface area (TPSA) is 54.4 Å². The monoisotopic (exact) mass is 354 g/mol. The zero-order chi connectivity index (χ0) is 15.0. The third kappa shape index (κ3) is 7.39. The number of ketones is 1. The van der Waals surface area contributed by atoms with Gasteiger partial charge in [0.15, 0.2) is 0 Å². The molecule has 2 aromatic carbocycles. The van der Waals surface area contributed by atoms with Crippen molar-refractivity contribution in [2.24, 2.45) is 0 Å². The van der Waals surface area contributed by atoms with Gasteiger partial charge in [-0.1, -0.05) is 57.9 Å². The number of benzene rings is 2. The molecule has 0 aromatic heterocycles. The number of hydrogen-bond acceptors (Lipinski definition) is 2. The Morgan fingerprint density at radius 3 is 2.00 bits per heavy atom. The molecule has 0 aliphatic rings. The van der Waals surface area contributed by atoms with Gasteiger partial charge in [-0.05, 0) is 18.2 Å². The molecule has 0 bridgehead atoms. The second-order valence-corrected chi connectivity index (χ2v) is 4.63. The fourth-order valence-electron chi connectivity index (χ4n) is 1.32. The summed E-state index contributed by atoms with van der Waals surface area (Å²) in [5.41, 5.74) is 0.930. The number of halogens is 1. The standard InChI is InChI=1S/C9H6BrO.C7H6O2.Na/c1-2-9(11)7-4-3-5-8(10)6-7;8-7(9)6-4-2-1-3-5-6;/h1-6H;1-5H,(H,8,9);/q-1;;+1. The van der Waals surface area contributed by atoms with E-state index in [2.05, 4.69) is 15.9 Å². The van der Waals surface area contributed by atoms with Gasteiger partial charge in [0.25, 0.3) is 0 Å². The van der Waals surface area contributed by atoms with Gasteiger partial charge in [-0.3, -0.25) is 6.58 Å². The molecule has 0 unspecified atom stereocenters. The van der Waals surface area contributed by atoms with Gasteiger partial charge in [-0.2, -0.15) is 6.08 Å². The summed E-state index contributed by atoms with van der Waals surface area (Å²) in [6.07, 6.45) is 1.06. The quantitative estimate of drug-likeness (QED) is 0.387. The Hall–Kier alpha value is -1.20. The van der Waals surface area contributed by atoms with Crippen LogP contribution >= 0.6 is 15.9 Å². The summed E-state index contributed by atoms with van der Waals surface area (Å²) in [5, 5.41) is 8.38. The van der Waals surface area contributed by atoms with E-state index in [1.54, 1.807) is 48.5 Å². The van der Waals surface area contributed by atoms with Crippen molar-refractivity contribution < 1.29 is 44.3 Å².